The van der Waals surface area contributed by atoms with E-state index in [1.165, 1.54) is 29.5 Å². The summed E-state index contributed by atoms with van der Waals surface area (Å²) in [7, 11) is 0. The summed E-state index contributed by atoms with van der Waals surface area (Å²) in [6.45, 7) is 0. The largest absolute Gasteiger partial charge is 0.332 e. The maximum atomic E-state index is 13.8. The molecule has 2 N–H and O–H groups in total. The monoisotopic (exact) mass is 441 g/mol. The molecule has 0 fully saturated rings. The average Bonchev–Trinajstić information content (AvgIpc) is 3.13. The molecule has 0 saturated heterocycles. The number of carbonyl (C=O) groups excluding carboxylic acids is 1. The molecule has 0 bridgehead atoms. The van der Waals surface area contributed by atoms with Crippen molar-refractivity contribution in [2.45, 2.75) is 0 Å². The second-order valence-electron chi connectivity index (χ2n) is 6.06. The summed E-state index contributed by atoms with van der Waals surface area (Å²) in [4.78, 5) is 16.9. The molecule has 0 unspecified atom stereocenters. The zero-order valence-corrected chi connectivity index (χ0v) is 17.2. The van der Waals surface area contributed by atoms with E-state index in [0.29, 0.717) is 10.7 Å². The van der Waals surface area contributed by atoms with Crippen LogP contribution < -0.4 is 10.6 Å². The predicted molar refractivity (Wildman–Crippen MR) is 120 cm³/mol. The van der Waals surface area contributed by atoms with Gasteiger partial charge in [-0.2, -0.15) is 0 Å². The van der Waals surface area contributed by atoms with Crippen molar-refractivity contribution in [2.75, 3.05) is 5.32 Å². The van der Waals surface area contributed by atoms with E-state index in [0.717, 1.165) is 20.8 Å². The minimum Gasteiger partial charge on any atom is -0.332 e. The van der Waals surface area contributed by atoms with Gasteiger partial charge in [0, 0.05) is 10.6 Å². The molecule has 29 heavy (non-hydrogen) atoms. The summed E-state index contributed by atoms with van der Waals surface area (Å²) in [5.41, 5.74) is 2.18. The first kappa shape index (κ1) is 19.4. The SMILES string of the molecule is O=C(NC(=S)Nc1ccc(Cl)cc1-c1nc2ccccc2s1)c1ccccc1F. The van der Waals surface area contributed by atoms with Crippen LogP contribution in [-0.4, -0.2) is 16.0 Å². The number of hydrogen-bond acceptors (Lipinski definition) is 4. The Bertz CT molecular complexity index is 1210. The van der Waals surface area contributed by atoms with Gasteiger partial charge >= 0.3 is 0 Å². The Balaban J connectivity index is 1.60. The number of thiazole rings is 1. The summed E-state index contributed by atoms with van der Waals surface area (Å²) in [6.07, 6.45) is 0. The minimum atomic E-state index is -0.629. The molecular formula is C21H13ClFN3OS2. The van der Waals surface area contributed by atoms with Gasteiger partial charge in [0.1, 0.15) is 10.8 Å². The lowest BCUT2D eigenvalue weighted by molar-refractivity contribution is 0.0974. The molecule has 0 spiro atoms. The molecule has 0 aliphatic heterocycles. The van der Waals surface area contributed by atoms with Crippen LogP contribution in [0.5, 0.6) is 0 Å². The molecule has 0 aliphatic carbocycles. The van der Waals surface area contributed by atoms with Gasteiger partial charge < -0.3 is 5.32 Å². The molecule has 4 aromatic rings. The average molecular weight is 442 g/mol. The van der Waals surface area contributed by atoms with E-state index in [4.69, 9.17) is 23.8 Å². The number of nitrogens with zero attached hydrogens (tertiary/aromatic N) is 1. The number of para-hydroxylation sites is 1. The molecule has 1 amide bonds. The molecule has 0 aliphatic rings. The third-order valence-electron chi connectivity index (χ3n) is 4.10. The highest BCUT2D eigenvalue weighted by atomic mass is 35.5. The van der Waals surface area contributed by atoms with Gasteiger partial charge in [0.15, 0.2) is 5.11 Å². The van der Waals surface area contributed by atoms with Gasteiger partial charge in [-0.25, -0.2) is 9.37 Å². The van der Waals surface area contributed by atoms with Crippen molar-refractivity contribution in [2.24, 2.45) is 0 Å². The van der Waals surface area contributed by atoms with Crippen LogP contribution in [0.1, 0.15) is 10.4 Å². The molecular weight excluding hydrogens is 429 g/mol. The topological polar surface area (TPSA) is 54.0 Å². The van der Waals surface area contributed by atoms with Gasteiger partial charge in [-0.15, -0.1) is 11.3 Å². The van der Waals surface area contributed by atoms with E-state index in [1.807, 2.05) is 24.3 Å². The molecule has 3 aromatic carbocycles. The van der Waals surface area contributed by atoms with Crippen LogP contribution in [0.25, 0.3) is 20.8 Å². The Hall–Kier alpha value is -2.87. The van der Waals surface area contributed by atoms with Crippen molar-refractivity contribution in [1.29, 1.82) is 0 Å². The Morgan fingerprint density at radius 2 is 1.83 bits per heavy atom. The predicted octanol–water partition coefficient (Wildman–Crippen LogP) is 5.88. The van der Waals surface area contributed by atoms with Crippen molar-refractivity contribution >= 4 is 62.1 Å². The number of amides is 1. The maximum Gasteiger partial charge on any atom is 0.260 e. The highest BCUT2D eigenvalue weighted by Crippen LogP contribution is 2.36. The molecule has 1 aromatic heterocycles. The Labute approximate surface area is 180 Å². The Morgan fingerprint density at radius 3 is 2.62 bits per heavy atom. The molecule has 4 rings (SSSR count). The van der Waals surface area contributed by atoms with Crippen molar-refractivity contribution in [3.8, 4) is 10.6 Å². The fourth-order valence-corrected chi connectivity index (χ4v) is 4.13. The summed E-state index contributed by atoms with van der Waals surface area (Å²) in [5, 5.41) is 6.84. The molecule has 0 radical (unpaired) electrons. The van der Waals surface area contributed by atoms with E-state index in [9.17, 15) is 9.18 Å². The van der Waals surface area contributed by atoms with E-state index >= 15 is 0 Å². The number of nitrogens with one attached hydrogen (secondary N) is 2. The van der Waals surface area contributed by atoms with E-state index in [1.54, 1.807) is 24.3 Å². The molecule has 0 atom stereocenters. The van der Waals surface area contributed by atoms with Gasteiger partial charge in [0.2, 0.25) is 0 Å². The summed E-state index contributed by atoms with van der Waals surface area (Å²) < 4.78 is 14.8. The number of rotatable bonds is 3. The van der Waals surface area contributed by atoms with Crippen LogP contribution in [0.4, 0.5) is 10.1 Å². The number of hydrogen-bond donors (Lipinski definition) is 2. The number of benzene rings is 3. The van der Waals surface area contributed by atoms with Crippen LogP contribution in [0.2, 0.25) is 5.02 Å². The van der Waals surface area contributed by atoms with Crippen molar-refractivity contribution in [3.63, 3.8) is 0 Å². The van der Waals surface area contributed by atoms with Gasteiger partial charge in [0.05, 0.1) is 21.5 Å². The van der Waals surface area contributed by atoms with Gasteiger partial charge in [-0.05, 0) is 54.7 Å². The lowest BCUT2D eigenvalue weighted by Gasteiger charge is -2.13. The van der Waals surface area contributed by atoms with Crippen LogP contribution in [-0.2, 0) is 0 Å². The third kappa shape index (κ3) is 4.27. The van der Waals surface area contributed by atoms with Crippen molar-refractivity contribution < 1.29 is 9.18 Å². The van der Waals surface area contributed by atoms with Gasteiger partial charge in [0.25, 0.3) is 5.91 Å². The van der Waals surface area contributed by atoms with E-state index in [2.05, 4.69) is 15.6 Å². The lowest BCUT2D eigenvalue weighted by Crippen LogP contribution is -2.34. The second kappa shape index (κ2) is 8.24. The van der Waals surface area contributed by atoms with E-state index in [-0.39, 0.29) is 10.7 Å². The smallest absolute Gasteiger partial charge is 0.260 e. The third-order valence-corrected chi connectivity index (χ3v) is 5.61. The van der Waals surface area contributed by atoms with Crippen molar-refractivity contribution in [3.05, 3.63) is 83.1 Å². The fraction of sp³-hybridized carbons (Fsp3) is 0. The summed E-state index contributed by atoms with van der Waals surface area (Å²) >= 11 is 13.0. The highest BCUT2D eigenvalue weighted by Gasteiger charge is 2.15. The first-order chi connectivity index (χ1) is 14.0. The number of thiocarbonyl (C=S) groups is 1. The van der Waals surface area contributed by atoms with Gasteiger partial charge in [-0.1, -0.05) is 35.9 Å². The highest BCUT2D eigenvalue weighted by molar-refractivity contribution is 7.80. The fourth-order valence-electron chi connectivity index (χ4n) is 2.76. The standard InChI is InChI=1S/C21H13ClFN3OS2/c22-12-9-10-16(14(11-12)20-24-17-7-3-4-8-18(17)29-20)25-21(28)26-19(27)13-5-1-2-6-15(13)23/h1-11H,(H2,25,26,27,28). The van der Waals surface area contributed by atoms with Crippen LogP contribution in [0, 0.1) is 5.82 Å². The number of fused-ring (bicyclic) bond motifs is 1. The quantitative estimate of drug-likeness (QED) is 0.390. The van der Waals surface area contributed by atoms with Crippen LogP contribution in [0.15, 0.2) is 66.7 Å². The first-order valence-electron chi connectivity index (χ1n) is 8.53. The van der Waals surface area contributed by atoms with Crippen molar-refractivity contribution in [1.82, 2.24) is 10.3 Å². The molecule has 144 valence electrons. The molecule has 4 nitrogen and oxygen atoms in total. The number of anilines is 1. The van der Waals surface area contributed by atoms with E-state index < -0.39 is 11.7 Å². The maximum absolute atomic E-state index is 13.8. The molecule has 1 heterocycles. The van der Waals surface area contributed by atoms with Crippen LogP contribution in [0.3, 0.4) is 0 Å². The normalized spacial score (nSPS) is 10.7. The number of aromatic nitrogens is 1. The second-order valence-corrected chi connectivity index (χ2v) is 7.94. The first-order valence-corrected chi connectivity index (χ1v) is 10.1. The Kier molecular flexibility index (Phi) is 5.53. The minimum absolute atomic E-state index is 0.0444. The summed E-state index contributed by atoms with van der Waals surface area (Å²) in [5.74, 6) is -1.24. The Morgan fingerprint density at radius 1 is 1.07 bits per heavy atom. The zero-order valence-electron chi connectivity index (χ0n) is 14.8. The molecule has 8 heteroatoms. The molecule has 0 saturated carbocycles. The van der Waals surface area contributed by atoms with Crippen LogP contribution >= 0.6 is 35.2 Å². The number of halogens is 2. The number of carbonyl (C=O) groups is 1. The van der Waals surface area contributed by atoms with Gasteiger partial charge in [-0.3, -0.25) is 10.1 Å². The summed E-state index contributed by atoms with van der Waals surface area (Å²) in [6, 6.07) is 18.8. The lowest BCUT2D eigenvalue weighted by atomic mass is 10.2. The zero-order chi connectivity index (χ0) is 20.4.